The van der Waals surface area contributed by atoms with Crippen LogP contribution in [0.2, 0.25) is 0 Å². The molecule has 1 heterocycles. The van der Waals surface area contributed by atoms with Gasteiger partial charge in [0.25, 0.3) is 0 Å². The van der Waals surface area contributed by atoms with E-state index in [0.29, 0.717) is 11.8 Å². The van der Waals surface area contributed by atoms with Crippen molar-refractivity contribution in [2.24, 2.45) is 11.8 Å². The van der Waals surface area contributed by atoms with Gasteiger partial charge < -0.3 is 15.5 Å². The summed E-state index contributed by atoms with van der Waals surface area (Å²) in [6, 6.07) is 0.00994. The molecule has 0 saturated carbocycles. The Labute approximate surface area is 86.0 Å². The quantitative estimate of drug-likeness (QED) is 0.680. The number of carbonyl (C=O) groups excluding carboxylic acids is 1. The summed E-state index contributed by atoms with van der Waals surface area (Å²) in [5, 5.41) is 6.29. The molecular weight excluding hydrogens is 178 g/mol. The molecule has 0 aliphatic carbocycles. The van der Waals surface area contributed by atoms with Gasteiger partial charge in [-0.25, -0.2) is 4.79 Å². The maximum atomic E-state index is 11.3. The zero-order valence-electron chi connectivity index (χ0n) is 9.34. The van der Waals surface area contributed by atoms with Crippen LogP contribution in [0.3, 0.4) is 0 Å². The van der Waals surface area contributed by atoms with Crippen molar-refractivity contribution in [3.8, 4) is 0 Å². The minimum atomic E-state index is 0.00994. The largest absolute Gasteiger partial charge is 0.338 e. The van der Waals surface area contributed by atoms with Gasteiger partial charge in [-0.3, -0.25) is 0 Å². The molecule has 1 rings (SSSR count). The fourth-order valence-electron chi connectivity index (χ4n) is 1.75. The summed E-state index contributed by atoms with van der Waals surface area (Å²) in [6.07, 6.45) is 1.16. The molecule has 4 heteroatoms. The molecule has 0 aromatic heterocycles. The van der Waals surface area contributed by atoms with Gasteiger partial charge in [0, 0.05) is 20.6 Å². The number of piperidine rings is 1. The molecule has 1 saturated heterocycles. The fraction of sp³-hybridized carbons (Fsp3) is 0.900. The summed E-state index contributed by atoms with van der Waals surface area (Å²) in [5.74, 6) is 1.28. The van der Waals surface area contributed by atoms with Gasteiger partial charge >= 0.3 is 6.03 Å². The molecule has 0 aromatic rings. The predicted octanol–water partition coefficient (Wildman–Crippen LogP) is 0.503. The normalized spacial score (nSPS) is 27.1. The number of hydrogen-bond acceptors (Lipinski definition) is 2. The maximum Gasteiger partial charge on any atom is 0.316 e. The fourth-order valence-corrected chi connectivity index (χ4v) is 1.75. The smallest absolute Gasteiger partial charge is 0.316 e. The molecule has 2 N–H and O–H groups in total. The second-order valence-corrected chi connectivity index (χ2v) is 4.31. The topological polar surface area (TPSA) is 44.4 Å². The summed E-state index contributed by atoms with van der Waals surface area (Å²) in [4.78, 5) is 12.9. The van der Waals surface area contributed by atoms with Crippen molar-refractivity contribution in [2.45, 2.75) is 13.3 Å². The zero-order chi connectivity index (χ0) is 10.6. The van der Waals surface area contributed by atoms with E-state index in [4.69, 9.17) is 0 Å². The van der Waals surface area contributed by atoms with Crippen LogP contribution in [0.1, 0.15) is 13.3 Å². The van der Waals surface area contributed by atoms with Crippen molar-refractivity contribution in [3.63, 3.8) is 0 Å². The summed E-state index contributed by atoms with van der Waals surface area (Å²) < 4.78 is 0. The number of nitrogens with one attached hydrogen (secondary N) is 2. The van der Waals surface area contributed by atoms with E-state index in [1.807, 2.05) is 0 Å². The molecule has 0 aromatic carbocycles. The molecule has 1 fully saturated rings. The van der Waals surface area contributed by atoms with Gasteiger partial charge in [0.15, 0.2) is 0 Å². The summed E-state index contributed by atoms with van der Waals surface area (Å²) in [6.45, 7) is 5.19. The Balaban J connectivity index is 2.26. The van der Waals surface area contributed by atoms with E-state index in [0.717, 1.165) is 26.1 Å². The average Bonchev–Trinajstić information content (AvgIpc) is 2.16. The summed E-state index contributed by atoms with van der Waals surface area (Å²) in [5.41, 5.74) is 0. The molecule has 1 aliphatic heterocycles. The number of hydrogen-bond donors (Lipinski definition) is 2. The Morgan fingerprint density at radius 3 is 2.86 bits per heavy atom. The van der Waals surface area contributed by atoms with Crippen LogP contribution < -0.4 is 10.6 Å². The van der Waals surface area contributed by atoms with Crippen molar-refractivity contribution in [1.82, 2.24) is 15.5 Å². The van der Waals surface area contributed by atoms with Crippen LogP contribution in [0.4, 0.5) is 4.79 Å². The molecule has 2 amide bonds. The lowest BCUT2D eigenvalue weighted by molar-refractivity contribution is 0.207. The minimum absolute atomic E-state index is 0.00994. The highest BCUT2D eigenvalue weighted by atomic mass is 16.2. The van der Waals surface area contributed by atoms with E-state index in [1.54, 1.807) is 19.0 Å². The van der Waals surface area contributed by atoms with Crippen molar-refractivity contribution < 1.29 is 4.79 Å². The predicted molar refractivity (Wildman–Crippen MR) is 57.2 cm³/mol. The first kappa shape index (κ1) is 11.3. The third-order valence-corrected chi connectivity index (χ3v) is 2.88. The lowest BCUT2D eigenvalue weighted by Gasteiger charge is -2.29. The van der Waals surface area contributed by atoms with Crippen LogP contribution in [0.25, 0.3) is 0 Å². The average molecular weight is 199 g/mol. The van der Waals surface area contributed by atoms with Crippen LogP contribution >= 0.6 is 0 Å². The van der Waals surface area contributed by atoms with E-state index in [-0.39, 0.29) is 6.03 Å². The standard InChI is InChI=1S/C10H21N3O/c1-8-6-11-5-4-9(8)7-12-10(14)13(2)3/h8-9,11H,4-7H2,1-3H3,(H,12,14). The highest BCUT2D eigenvalue weighted by Gasteiger charge is 2.21. The van der Waals surface area contributed by atoms with Gasteiger partial charge in [-0.05, 0) is 31.3 Å². The molecule has 14 heavy (non-hydrogen) atoms. The van der Waals surface area contributed by atoms with E-state index >= 15 is 0 Å². The van der Waals surface area contributed by atoms with Crippen LogP contribution in [0, 0.1) is 11.8 Å². The third kappa shape index (κ3) is 3.18. The molecule has 2 unspecified atom stereocenters. The van der Waals surface area contributed by atoms with Crippen LogP contribution in [-0.4, -0.2) is 44.7 Å². The third-order valence-electron chi connectivity index (χ3n) is 2.88. The van der Waals surface area contributed by atoms with E-state index < -0.39 is 0 Å². The number of urea groups is 1. The highest BCUT2D eigenvalue weighted by Crippen LogP contribution is 2.17. The van der Waals surface area contributed by atoms with E-state index in [9.17, 15) is 4.79 Å². The zero-order valence-corrected chi connectivity index (χ0v) is 9.34. The van der Waals surface area contributed by atoms with Gasteiger partial charge in [0.2, 0.25) is 0 Å². The Bertz CT molecular complexity index is 194. The van der Waals surface area contributed by atoms with E-state index in [1.165, 1.54) is 0 Å². The Hall–Kier alpha value is -0.770. The van der Waals surface area contributed by atoms with Crippen LogP contribution in [0.5, 0.6) is 0 Å². The van der Waals surface area contributed by atoms with Gasteiger partial charge in [-0.15, -0.1) is 0 Å². The first-order valence-electron chi connectivity index (χ1n) is 5.27. The van der Waals surface area contributed by atoms with Gasteiger partial charge in [0.1, 0.15) is 0 Å². The molecule has 0 bridgehead atoms. The number of rotatable bonds is 2. The van der Waals surface area contributed by atoms with Gasteiger partial charge in [-0.2, -0.15) is 0 Å². The molecule has 1 aliphatic rings. The monoisotopic (exact) mass is 199 g/mol. The Morgan fingerprint density at radius 2 is 2.29 bits per heavy atom. The van der Waals surface area contributed by atoms with Gasteiger partial charge in [-0.1, -0.05) is 6.92 Å². The SMILES string of the molecule is CC1CNCCC1CNC(=O)N(C)C. The first-order chi connectivity index (χ1) is 6.61. The second-order valence-electron chi connectivity index (χ2n) is 4.31. The van der Waals surface area contributed by atoms with Crippen molar-refractivity contribution >= 4 is 6.03 Å². The lowest BCUT2D eigenvalue weighted by Crippen LogP contribution is -2.43. The van der Waals surface area contributed by atoms with Crippen LogP contribution in [0.15, 0.2) is 0 Å². The Kier molecular flexibility index (Phi) is 4.20. The lowest BCUT2D eigenvalue weighted by atomic mass is 9.88. The Morgan fingerprint density at radius 1 is 1.57 bits per heavy atom. The van der Waals surface area contributed by atoms with Gasteiger partial charge in [0.05, 0.1) is 0 Å². The number of nitrogens with zero attached hydrogens (tertiary/aromatic N) is 1. The van der Waals surface area contributed by atoms with Crippen molar-refractivity contribution in [2.75, 3.05) is 33.7 Å². The van der Waals surface area contributed by atoms with Crippen molar-refractivity contribution in [1.29, 1.82) is 0 Å². The molecule has 82 valence electrons. The van der Waals surface area contributed by atoms with Crippen molar-refractivity contribution in [3.05, 3.63) is 0 Å². The summed E-state index contributed by atoms with van der Waals surface area (Å²) in [7, 11) is 3.53. The minimum Gasteiger partial charge on any atom is -0.338 e. The molecular formula is C10H21N3O. The number of amides is 2. The molecule has 0 radical (unpaired) electrons. The molecule has 4 nitrogen and oxygen atoms in total. The van der Waals surface area contributed by atoms with E-state index in [2.05, 4.69) is 17.6 Å². The summed E-state index contributed by atoms with van der Waals surface area (Å²) >= 11 is 0. The molecule has 0 spiro atoms. The maximum absolute atomic E-state index is 11.3. The van der Waals surface area contributed by atoms with Crippen LogP contribution in [-0.2, 0) is 0 Å². The molecule has 2 atom stereocenters. The number of carbonyl (C=O) groups is 1. The highest BCUT2D eigenvalue weighted by molar-refractivity contribution is 5.73. The second kappa shape index (κ2) is 5.20. The first-order valence-corrected chi connectivity index (χ1v) is 5.27.